The molecule has 64 valence electrons. The molecule has 0 saturated carbocycles. The molecule has 0 aliphatic carbocycles. The summed E-state index contributed by atoms with van der Waals surface area (Å²) in [5, 5.41) is 9.06. The van der Waals surface area contributed by atoms with Crippen molar-refractivity contribution in [2.24, 2.45) is 0 Å². The summed E-state index contributed by atoms with van der Waals surface area (Å²) < 4.78 is 0. The maximum absolute atomic E-state index is 10.9. The van der Waals surface area contributed by atoms with Gasteiger partial charge in [-0.3, -0.25) is 4.79 Å². The summed E-state index contributed by atoms with van der Waals surface area (Å²) in [7, 11) is 0. The van der Waals surface area contributed by atoms with Crippen molar-refractivity contribution in [3.63, 3.8) is 0 Å². The van der Waals surface area contributed by atoms with Crippen LogP contribution in [0.3, 0.4) is 0 Å². The van der Waals surface area contributed by atoms with Crippen LogP contribution in [-0.2, 0) is 6.42 Å². The van der Waals surface area contributed by atoms with Crippen LogP contribution in [0.5, 0.6) is 5.75 Å². The maximum atomic E-state index is 10.9. The molecule has 2 nitrogen and oxygen atoms in total. The molecule has 0 bridgehead atoms. The molecule has 12 heavy (non-hydrogen) atoms. The van der Waals surface area contributed by atoms with Crippen LogP contribution in [0.2, 0.25) is 0 Å². The summed E-state index contributed by atoms with van der Waals surface area (Å²) in [6, 6.07) is 6.39. The molecule has 0 spiro atoms. The number of hydrogen-bond acceptors (Lipinski definition) is 2. The van der Waals surface area contributed by atoms with Crippen molar-refractivity contribution < 1.29 is 5.11 Å². The predicted molar refractivity (Wildman–Crippen MR) is 48.4 cm³/mol. The second kappa shape index (κ2) is 3.90. The summed E-state index contributed by atoms with van der Waals surface area (Å²) in [5.74, 6) is -0.183. The van der Waals surface area contributed by atoms with Gasteiger partial charge in [-0.05, 0) is 24.1 Å². The van der Waals surface area contributed by atoms with Gasteiger partial charge in [-0.1, -0.05) is 25.5 Å². The third-order valence-electron chi connectivity index (χ3n) is 1.70. The smallest absolute Gasteiger partial charge is 0.220 e. The predicted octanol–water partition coefficient (Wildman–Crippen LogP) is 1.70. The van der Waals surface area contributed by atoms with Crippen molar-refractivity contribution in [2.45, 2.75) is 19.8 Å². The number of hydrogen-bond donors (Lipinski definition) is 1. The van der Waals surface area contributed by atoms with Gasteiger partial charge in [-0.2, -0.15) is 0 Å². The molecular weight excluding hydrogens is 152 g/mol. The van der Waals surface area contributed by atoms with Gasteiger partial charge in [0.05, 0.1) is 0 Å². The second-order valence-corrected chi connectivity index (χ2v) is 2.74. The molecule has 0 saturated heterocycles. The van der Waals surface area contributed by atoms with E-state index in [0.29, 0.717) is 0 Å². The minimum absolute atomic E-state index is 0.183. The lowest BCUT2D eigenvalue weighted by Crippen LogP contribution is -1.91. The van der Waals surface area contributed by atoms with Crippen LogP contribution < -0.4 is 5.43 Å². The Bertz CT molecular complexity index is 318. The lowest BCUT2D eigenvalue weighted by atomic mass is 10.2. The largest absolute Gasteiger partial charge is 0.504 e. The molecule has 2 heteroatoms. The maximum Gasteiger partial charge on any atom is 0.220 e. The van der Waals surface area contributed by atoms with Gasteiger partial charge in [-0.15, -0.1) is 0 Å². The highest BCUT2D eigenvalue weighted by Gasteiger charge is 1.93. The zero-order chi connectivity index (χ0) is 8.97. The SMILES string of the molecule is CCCc1ccc(O)c(=O)cc1. The summed E-state index contributed by atoms with van der Waals surface area (Å²) in [6.07, 6.45) is 1.98. The van der Waals surface area contributed by atoms with E-state index in [9.17, 15) is 4.79 Å². The van der Waals surface area contributed by atoms with E-state index in [2.05, 4.69) is 6.92 Å². The molecule has 0 heterocycles. The van der Waals surface area contributed by atoms with E-state index in [1.807, 2.05) is 0 Å². The van der Waals surface area contributed by atoms with Crippen LogP contribution in [0, 0.1) is 0 Å². The Hall–Kier alpha value is -1.31. The van der Waals surface area contributed by atoms with Gasteiger partial charge in [0, 0.05) is 0 Å². The fourth-order valence-electron chi connectivity index (χ4n) is 1.05. The molecule has 1 N–H and O–H groups in total. The summed E-state index contributed by atoms with van der Waals surface area (Å²) in [6.45, 7) is 2.07. The molecule has 1 aromatic carbocycles. The molecule has 0 fully saturated rings. The summed E-state index contributed by atoms with van der Waals surface area (Å²) >= 11 is 0. The number of aryl methyl sites for hydroxylation is 1. The van der Waals surface area contributed by atoms with Crippen molar-refractivity contribution >= 4 is 0 Å². The van der Waals surface area contributed by atoms with E-state index < -0.39 is 0 Å². The third-order valence-corrected chi connectivity index (χ3v) is 1.70. The van der Waals surface area contributed by atoms with Gasteiger partial charge >= 0.3 is 0 Å². The highest BCUT2D eigenvalue weighted by molar-refractivity contribution is 5.23. The van der Waals surface area contributed by atoms with Crippen LogP contribution in [0.1, 0.15) is 18.9 Å². The van der Waals surface area contributed by atoms with E-state index in [1.54, 1.807) is 12.1 Å². The molecule has 0 aliphatic heterocycles. The Labute approximate surface area is 71.5 Å². The van der Waals surface area contributed by atoms with Gasteiger partial charge < -0.3 is 5.11 Å². The third kappa shape index (κ3) is 2.09. The van der Waals surface area contributed by atoms with Gasteiger partial charge in [0.2, 0.25) is 5.43 Å². The first-order chi connectivity index (χ1) is 5.74. The molecule has 0 amide bonds. The second-order valence-electron chi connectivity index (χ2n) is 2.74. The normalized spacial score (nSPS) is 9.75. The standard InChI is InChI=1S/C10H12O2/c1-2-3-8-4-6-9(11)10(12)7-5-8/h4-7H,2-3H2,1H3,(H,11,12). The molecule has 0 radical (unpaired) electrons. The van der Waals surface area contributed by atoms with Gasteiger partial charge in [-0.25, -0.2) is 0 Å². The van der Waals surface area contributed by atoms with Crippen molar-refractivity contribution in [3.05, 3.63) is 40.1 Å². The quantitative estimate of drug-likeness (QED) is 0.722. The van der Waals surface area contributed by atoms with Crippen LogP contribution >= 0.6 is 0 Å². The highest BCUT2D eigenvalue weighted by Crippen LogP contribution is 2.03. The Morgan fingerprint density at radius 1 is 1.25 bits per heavy atom. The van der Waals surface area contributed by atoms with Crippen molar-refractivity contribution in [3.8, 4) is 5.75 Å². The Morgan fingerprint density at radius 3 is 2.58 bits per heavy atom. The Balaban J connectivity index is 3.08. The fraction of sp³-hybridized carbons (Fsp3) is 0.300. The van der Waals surface area contributed by atoms with Crippen LogP contribution in [-0.4, -0.2) is 5.11 Å². The van der Waals surface area contributed by atoms with E-state index in [1.165, 1.54) is 12.1 Å². The molecule has 0 aliphatic rings. The number of aromatic hydroxyl groups is 1. The van der Waals surface area contributed by atoms with Gasteiger partial charge in [0.25, 0.3) is 0 Å². The fourth-order valence-corrected chi connectivity index (χ4v) is 1.05. The molecular formula is C10H12O2. The lowest BCUT2D eigenvalue weighted by Gasteiger charge is -1.90. The number of rotatable bonds is 2. The van der Waals surface area contributed by atoms with Gasteiger partial charge in [0.1, 0.15) is 0 Å². The minimum Gasteiger partial charge on any atom is -0.504 e. The van der Waals surface area contributed by atoms with Crippen molar-refractivity contribution in [1.29, 1.82) is 0 Å². The van der Waals surface area contributed by atoms with Crippen LogP contribution in [0.25, 0.3) is 0 Å². The minimum atomic E-state index is -0.322. The van der Waals surface area contributed by atoms with Crippen LogP contribution in [0.15, 0.2) is 29.1 Å². The molecule has 0 atom stereocenters. The van der Waals surface area contributed by atoms with Gasteiger partial charge in [0.15, 0.2) is 5.75 Å². The first kappa shape index (κ1) is 8.78. The Kier molecular flexibility index (Phi) is 2.86. The summed E-state index contributed by atoms with van der Waals surface area (Å²) in [4.78, 5) is 10.9. The van der Waals surface area contributed by atoms with Crippen molar-refractivity contribution in [1.82, 2.24) is 0 Å². The monoisotopic (exact) mass is 164 g/mol. The highest BCUT2D eigenvalue weighted by atomic mass is 16.3. The molecule has 1 aromatic rings. The van der Waals surface area contributed by atoms with Crippen molar-refractivity contribution in [2.75, 3.05) is 0 Å². The first-order valence-electron chi connectivity index (χ1n) is 4.06. The van der Waals surface area contributed by atoms with E-state index >= 15 is 0 Å². The van der Waals surface area contributed by atoms with E-state index in [-0.39, 0.29) is 11.2 Å². The zero-order valence-corrected chi connectivity index (χ0v) is 7.08. The van der Waals surface area contributed by atoms with E-state index in [4.69, 9.17) is 5.11 Å². The topological polar surface area (TPSA) is 37.3 Å². The molecule has 1 rings (SSSR count). The van der Waals surface area contributed by atoms with E-state index in [0.717, 1.165) is 18.4 Å². The average molecular weight is 164 g/mol. The Morgan fingerprint density at radius 2 is 1.92 bits per heavy atom. The lowest BCUT2D eigenvalue weighted by molar-refractivity contribution is 0.471. The molecule has 0 aromatic heterocycles. The molecule has 0 unspecified atom stereocenters. The van der Waals surface area contributed by atoms with Crippen LogP contribution in [0.4, 0.5) is 0 Å². The first-order valence-corrected chi connectivity index (χ1v) is 4.06. The summed E-state index contributed by atoms with van der Waals surface area (Å²) in [5.41, 5.74) is 0.757. The average Bonchev–Trinajstić information content (AvgIpc) is 2.20. The zero-order valence-electron chi connectivity index (χ0n) is 7.08.